The van der Waals surface area contributed by atoms with Crippen LogP contribution in [0.2, 0.25) is 0 Å². The van der Waals surface area contributed by atoms with Gasteiger partial charge in [-0.1, -0.05) is 12.1 Å². The number of hydrogen-bond donors (Lipinski definition) is 1. The summed E-state index contributed by atoms with van der Waals surface area (Å²) >= 11 is 3.77. The van der Waals surface area contributed by atoms with Crippen molar-refractivity contribution in [3.05, 3.63) is 33.4 Å². The molecule has 3 heteroatoms. The molecular weight excluding hydrogens is 288 g/mol. The third kappa shape index (κ3) is 1.90. The van der Waals surface area contributed by atoms with E-state index in [0.717, 1.165) is 12.6 Å². The van der Waals surface area contributed by atoms with Crippen LogP contribution in [0.1, 0.15) is 29.7 Å². The molecule has 2 nitrogen and oxygen atoms in total. The summed E-state index contributed by atoms with van der Waals surface area (Å²) in [6.45, 7) is 5.34. The van der Waals surface area contributed by atoms with E-state index in [4.69, 9.17) is 0 Å². The van der Waals surface area contributed by atoms with Gasteiger partial charge < -0.3 is 9.88 Å². The van der Waals surface area contributed by atoms with E-state index in [1.54, 1.807) is 0 Å². The maximum absolute atomic E-state index is 3.77. The zero-order chi connectivity index (χ0) is 12.9. The van der Waals surface area contributed by atoms with Gasteiger partial charge in [-0.05, 0) is 53.7 Å². The van der Waals surface area contributed by atoms with Crippen LogP contribution in [0.15, 0.2) is 16.6 Å². The molecule has 1 aromatic carbocycles. The highest BCUT2D eigenvalue weighted by Crippen LogP contribution is 2.33. The highest BCUT2D eigenvalue weighted by Gasteiger charge is 2.22. The molecule has 0 bridgehead atoms. The molecule has 0 amide bonds. The summed E-state index contributed by atoms with van der Waals surface area (Å²) in [5.74, 6) is 0. The molecule has 1 saturated carbocycles. The van der Waals surface area contributed by atoms with Crippen LogP contribution in [-0.2, 0) is 13.6 Å². The molecule has 3 rings (SSSR count). The number of aryl methyl sites for hydroxylation is 3. The normalized spacial score (nSPS) is 15.6. The number of benzene rings is 1. The van der Waals surface area contributed by atoms with E-state index in [1.807, 2.05) is 0 Å². The summed E-state index contributed by atoms with van der Waals surface area (Å²) in [6, 6.07) is 5.18. The van der Waals surface area contributed by atoms with Crippen LogP contribution >= 0.6 is 15.9 Å². The Balaban J connectivity index is 2.10. The lowest BCUT2D eigenvalue weighted by atomic mass is 10.1. The van der Waals surface area contributed by atoms with E-state index in [0.29, 0.717) is 0 Å². The van der Waals surface area contributed by atoms with Crippen molar-refractivity contribution in [1.29, 1.82) is 0 Å². The molecule has 1 N–H and O–H groups in total. The maximum Gasteiger partial charge on any atom is 0.0524 e. The number of halogens is 1. The third-order valence-corrected chi connectivity index (χ3v) is 4.95. The highest BCUT2D eigenvalue weighted by atomic mass is 79.9. The highest BCUT2D eigenvalue weighted by molar-refractivity contribution is 9.10. The van der Waals surface area contributed by atoms with Crippen LogP contribution in [0.4, 0.5) is 0 Å². The molecule has 1 heterocycles. The SMILES string of the molecule is Cc1ccc2c(Br)c(CNC3CC3)n(C)c2c1C. The molecule has 1 fully saturated rings. The third-order valence-electron chi connectivity index (χ3n) is 4.07. The fraction of sp³-hybridized carbons (Fsp3) is 0.467. The lowest BCUT2D eigenvalue weighted by Crippen LogP contribution is -2.17. The second kappa shape index (κ2) is 4.39. The van der Waals surface area contributed by atoms with Gasteiger partial charge in [0.15, 0.2) is 0 Å². The molecule has 96 valence electrons. The zero-order valence-electron chi connectivity index (χ0n) is 11.2. The van der Waals surface area contributed by atoms with Gasteiger partial charge in [-0.2, -0.15) is 0 Å². The van der Waals surface area contributed by atoms with Gasteiger partial charge in [0.05, 0.1) is 5.52 Å². The van der Waals surface area contributed by atoms with Crippen LogP contribution in [0.5, 0.6) is 0 Å². The van der Waals surface area contributed by atoms with Gasteiger partial charge in [0, 0.05) is 35.2 Å². The number of hydrogen-bond acceptors (Lipinski definition) is 1. The minimum Gasteiger partial charge on any atom is -0.345 e. The van der Waals surface area contributed by atoms with Gasteiger partial charge in [-0.25, -0.2) is 0 Å². The van der Waals surface area contributed by atoms with E-state index < -0.39 is 0 Å². The maximum atomic E-state index is 3.77. The first kappa shape index (κ1) is 12.2. The Morgan fingerprint density at radius 1 is 1.33 bits per heavy atom. The van der Waals surface area contributed by atoms with E-state index in [9.17, 15) is 0 Å². The van der Waals surface area contributed by atoms with Crippen molar-refractivity contribution < 1.29 is 0 Å². The standard InChI is InChI=1S/C15H19BrN2/c1-9-4-7-12-14(16)13(8-17-11-5-6-11)18(3)15(12)10(9)2/h4,7,11,17H,5-6,8H2,1-3H3. The van der Waals surface area contributed by atoms with Gasteiger partial charge >= 0.3 is 0 Å². The summed E-state index contributed by atoms with van der Waals surface area (Å²) < 4.78 is 3.58. The fourth-order valence-corrected chi connectivity index (χ4v) is 3.30. The first-order chi connectivity index (χ1) is 8.59. The van der Waals surface area contributed by atoms with Crippen molar-refractivity contribution in [2.24, 2.45) is 7.05 Å². The molecule has 1 aliphatic rings. The van der Waals surface area contributed by atoms with Crippen molar-refractivity contribution in [2.45, 2.75) is 39.3 Å². The molecule has 0 spiro atoms. The molecule has 0 unspecified atom stereocenters. The molecule has 0 atom stereocenters. The van der Waals surface area contributed by atoms with Crippen LogP contribution in [-0.4, -0.2) is 10.6 Å². The van der Waals surface area contributed by atoms with E-state index >= 15 is 0 Å². The minimum absolute atomic E-state index is 0.748. The zero-order valence-corrected chi connectivity index (χ0v) is 12.8. The Bertz CT molecular complexity index is 609. The van der Waals surface area contributed by atoms with Crippen molar-refractivity contribution in [3.8, 4) is 0 Å². The van der Waals surface area contributed by atoms with Crippen LogP contribution in [0, 0.1) is 13.8 Å². The second-order valence-corrected chi connectivity index (χ2v) is 6.17. The molecule has 0 saturated heterocycles. The molecule has 18 heavy (non-hydrogen) atoms. The summed E-state index contributed by atoms with van der Waals surface area (Å²) in [5, 5.41) is 4.93. The number of aromatic nitrogens is 1. The average Bonchev–Trinajstić information content (AvgIpc) is 3.12. The summed E-state index contributed by atoms with van der Waals surface area (Å²) in [5.41, 5.74) is 5.45. The molecule has 2 aromatic rings. The quantitative estimate of drug-likeness (QED) is 0.912. The van der Waals surface area contributed by atoms with E-state index in [2.05, 4.69) is 58.8 Å². The smallest absolute Gasteiger partial charge is 0.0524 e. The van der Waals surface area contributed by atoms with Crippen molar-refractivity contribution in [3.63, 3.8) is 0 Å². The van der Waals surface area contributed by atoms with Crippen LogP contribution in [0.3, 0.4) is 0 Å². The molecular formula is C15H19BrN2. The van der Waals surface area contributed by atoms with Crippen LogP contribution in [0.25, 0.3) is 10.9 Å². The monoisotopic (exact) mass is 306 g/mol. The van der Waals surface area contributed by atoms with Crippen LogP contribution < -0.4 is 5.32 Å². The van der Waals surface area contributed by atoms with E-state index in [-0.39, 0.29) is 0 Å². The topological polar surface area (TPSA) is 17.0 Å². The Morgan fingerprint density at radius 3 is 2.72 bits per heavy atom. The van der Waals surface area contributed by atoms with Gasteiger partial charge in [0.2, 0.25) is 0 Å². The molecule has 0 radical (unpaired) electrons. The molecule has 0 aliphatic heterocycles. The average molecular weight is 307 g/mol. The van der Waals surface area contributed by atoms with E-state index in [1.165, 1.54) is 45.0 Å². The molecule has 1 aliphatic carbocycles. The van der Waals surface area contributed by atoms with Gasteiger partial charge in [-0.15, -0.1) is 0 Å². The predicted molar refractivity (Wildman–Crippen MR) is 80.0 cm³/mol. The summed E-state index contributed by atoms with van der Waals surface area (Å²) in [4.78, 5) is 0. The van der Waals surface area contributed by atoms with Crippen molar-refractivity contribution in [1.82, 2.24) is 9.88 Å². The first-order valence-corrected chi connectivity index (χ1v) is 7.35. The first-order valence-electron chi connectivity index (χ1n) is 6.56. The lowest BCUT2D eigenvalue weighted by Gasteiger charge is -2.08. The number of fused-ring (bicyclic) bond motifs is 1. The van der Waals surface area contributed by atoms with Gasteiger partial charge in [0.25, 0.3) is 0 Å². The number of rotatable bonds is 3. The molecule has 1 aromatic heterocycles. The van der Waals surface area contributed by atoms with Crippen molar-refractivity contribution in [2.75, 3.05) is 0 Å². The number of nitrogens with one attached hydrogen (secondary N) is 1. The Labute approximate surface area is 116 Å². The van der Waals surface area contributed by atoms with Gasteiger partial charge in [-0.3, -0.25) is 0 Å². The predicted octanol–water partition coefficient (Wildman–Crippen LogP) is 3.81. The second-order valence-electron chi connectivity index (χ2n) is 5.38. The number of nitrogens with zero attached hydrogens (tertiary/aromatic N) is 1. The summed E-state index contributed by atoms with van der Waals surface area (Å²) in [6.07, 6.45) is 2.67. The Hall–Kier alpha value is -0.800. The van der Waals surface area contributed by atoms with Gasteiger partial charge in [0.1, 0.15) is 0 Å². The summed E-state index contributed by atoms with van der Waals surface area (Å²) in [7, 11) is 2.17. The largest absolute Gasteiger partial charge is 0.345 e. The lowest BCUT2D eigenvalue weighted by molar-refractivity contribution is 0.653. The minimum atomic E-state index is 0.748. The van der Waals surface area contributed by atoms with Crippen molar-refractivity contribution >= 4 is 26.8 Å². The fourth-order valence-electron chi connectivity index (χ4n) is 2.57. The Morgan fingerprint density at radius 2 is 2.06 bits per heavy atom. The Kier molecular flexibility index (Phi) is 2.99.